The minimum Gasteiger partial charge on any atom is -0.481 e. The largest absolute Gasteiger partial charge is 0.481 e. The van der Waals surface area contributed by atoms with E-state index in [1.54, 1.807) is 0 Å². The van der Waals surface area contributed by atoms with Crippen molar-refractivity contribution in [3.05, 3.63) is 28.2 Å². The molecule has 0 aliphatic rings. The van der Waals surface area contributed by atoms with Crippen molar-refractivity contribution in [1.29, 1.82) is 0 Å². The van der Waals surface area contributed by atoms with Crippen LogP contribution >= 0.6 is 15.9 Å². The number of nitrogens with one attached hydrogen (secondary N) is 2. The minimum absolute atomic E-state index is 0.153. The normalized spacial score (nSPS) is 11.6. The zero-order valence-electron chi connectivity index (χ0n) is 10.2. The second kappa shape index (κ2) is 6.97. The number of anilines is 1. The van der Waals surface area contributed by atoms with E-state index in [9.17, 15) is 23.2 Å². The van der Waals surface area contributed by atoms with Crippen molar-refractivity contribution in [2.45, 2.75) is 12.5 Å². The van der Waals surface area contributed by atoms with Crippen LogP contribution in [0.3, 0.4) is 0 Å². The SMILES string of the molecule is O=C(O)C[C@@H](NC(=O)Nc1cc(F)c(Br)cc1F)C(=O)O. The first-order valence-corrected chi connectivity index (χ1v) is 6.16. The van der Waals surface area contributed by atoms with Gasteiger partial charge in [0.2, 0.25) is 0 Å². The topological polar surface area (TPSA) is 116 Å². The van der Waals surface area contributed by atoms with Gasteiger partial charge in [-0.2, -0.15) is 0 Å². The van der Waals surface area contributed by atoms with Gasteiger partial charge in [-0.1, -0.05) is 0 Å². The average molecular weight is 367 g/mol. The smallest absolute Gasteiger partial charge is 0.326 e. The molecule has 0 spiro atoms. The van der Waals surface area contributed by atoms with Gasteiger partial charge in [-0.3, -0.25) is 4.79 Å². The minimum atomic E-state index is -1.70. The maximum absolute atomic E-state index is 13.4. The Balaban J connectivity index is 2.79. The Bertz CT molecular complexity index is 596. The molecule has 0 aliphatic carbocycles. The lowest BCUT2D eigenvalue weighted by Crippen LogP contribution is -2.44. The molecule has 1 atom stereocenters. The summed E-state index contributed by atoms with van der Waals surface area (Å²) in [7, 11) is 0. The van der Waals surface area contributed by atoms with Crippen LogP contribution in [0.1, 0.15) is 6.42 Å². The highest BCUT2D eigenvalue weighted by Gasteiger charge is 2.23. The van der Waals surface area contributed by atoms with Gasteiger partial charge in [0.1, 0.15) is 17.7 Å². The van der Waals surface area contributed by atoms with E-state index in [2.05, 4.69) is 15.9 Å². The second-order valence-corrected chi connectivity index (χ2v) is 4.69. The Hall–Kier alpha value is -2.23. The molecule has 1 rings (SSSR count). The highest BCUT2D eigenvalue weighted by atomic mass is 79.9. The average Bonchev–Trinajstić information content (AvgIpc) is 2.34. The van der Waals surface area contributed by atoms with Gasteiger partial charge < -0.3 is 20.8 Å². The van der Waals surface area contributed by atoms with Crippen LogP contribution in [0.5, 0.6) is 0 Å². The van der Waals surface area contributed by atoms with E-state index in [0.29, 0.717) is 6.07 Å². The summed E-state index contributed by atoms with van der Waals surface area (Å²) >= 11 is 2.75. The number of rotatable bonds is 5. The number of hydrogen-bond acceptors (Lipinski definition) is 3. The Labute approximate surface area is 125 Å². The molecule has 114 valence electrons. The van der Waals surface area contributed by atoms with Crippen LogP contribution in [-0.4, -0.2) is 34.2 Å². The summed E-state index contributed by atoms with van der Waals surface area (Å²) in [4.78, 5) is 32.7. The molecule has 0 aliphatic heterocycles. The number of hydrogen-bond donors (Lipinski definition) is 4. The first-order valence-electron chi connectivity index (χ1n) is 5.37. The molecule has 1 aromatic carbocycles. The second-order valence-electron chi connectivity index (χ2n) is 3.83. The molecule has 0 saturated heterocycles. The van der Waals surface area contributed by atoms with Crippen molar-refractivity contribution in [2.75, 3.05) is 5.32 Å². The van der Waals surface area contributed by atoms with Gasteiger partial charge in [-0.25, -0.2) is 18.4 Å². The fourth-order valence-corrected chi connectivity index (χ4v) is 1.63. The Morgan fingerprint density at radius 2 is 1.81 bits per heavy atom. The third-order valence-electron chi connectivity index (χ3n) is 2.24. The molecule has 4 N–H and O–H groups in total. The predicted molar refractivity (Wildman–Crippen MR) is 69.9 cm³/mol. The van der Waals surface area contributed by atoms with Crippen LogP contribution in [-0.2, 0) is 9.59 Å². The number of amides is 2. The molecule has 0 saturated carbocycles. The van der Waals surface area contributed by atoms with Crippen molar-refractivity contribution in [3.8, 4) is 0 Å². The summed E-state index contributed by atoms with van der Waals surface area (Å²) < 4.78 is 26.5. The molecule has 7 nitrogen and oxygen atoms in total. The van der Waals surface area contributed by atoms with E-state index >= 15 is 0 Å². The fourth-order valence-electron chi connectivity index (χ4n) is 1.31. The number of carbonyl (C=O) groups is 3. The van der Waals surface area contributed by atoms with Gasteiger partial charge in [-0.15, -0.1) is 0 Å². The summed E-state index contributed by atoms with van der Waals surface area (Å²) in [5.74, 6) is -4.81. The molecular formula is C11H9BrF2N2O5. The summed E-state index contributed by atoms with van der Waals surface area (Å²) in [6.45, 7) is 0. The lowest BCUT2D eigenvalue weighted by Gasteiger charge is -2.13. The third-order valence-corrected chi connectivity index (χ3v) is 2.85. The highest BCUT2D eigenvalue weighted by Crippen LogP contribution is 2.23. The van der Waals surface area contributed by atoms with Crippen molar-refractivity contribution in [1.82, 2.24) is 5.32 Å². The molecule has 0 bridgehead atoms. The van der Waals surface area contributed by atoms with Gasteiger partial charge in [0.25, 0.3) is 0 Å². The Kier molecular flexibility index (Phi) is 5.59. The predicted octanol–water partition coefficient (Wildman–Crippen LogP) is 1.78. The number of aliphatic carboxylic acids is 2. The lowest BCUT2D eigenvalue weighted by atomic mass is 10.2. The highest BCUT2D eigenvalue weighted by molar-refractivity contribution is 9.10. The maximum Gasteiger partial charge on any atom is 0.326 e. The Morgan fingerprint density at radius 1 is 1.19 bits per heavy atom. The molecule has 0 aromatic heterocycles. The first kappa shape index (κ1) is 16.8. The van der Waals surface area contributed by atoms with Gasteiger partial charge >= 0.3 is 18.0 Å². The summed E-state index contributed by atoms with van der Waals surface area (Å²) in [5.41, 5.74) is -0.521. The van der Waals surface area contributed by atoms with Gasteiger partial charge in [-0.05, 0) is 22.0 Å². The number of carbonyl (C=O) groups excluding carboxylic acids is 1. The fraction of sp³-hybridized carbons (Fsp3) is 0.182. The van der Waals surface area contributed by atoms with Crippen LogP contribution in [0, 0.1) is 11.6 Å². The van der Waals surface area contributed by atoms with E-state index < -0.39 is 47.8 Å². The van der Waals surface area contributed by atoms with Crippen molar-refractivity contribution in [2.24, 2.45) is 0 Å². The van der Waals surface area contributed by atoms with E-state index in [-0.39, 0.29) is 4.47 Å². The van der Waals surface area contributed by atoms with Crippen LogP contribution in [0.4, 0.5) is 19.3 Å². The molecule has 0 fully saturated rings. The van der Waals surface area contributed by atoms with Crippen molar-refractivity contribution in [3.63, 3.8) is 0 Å². The quantitative estimate of drug-likeness (QED) is 0.592. The number of halogens is 3. The van der Waals surface area contributed by atoms with Crippen LogP contribution in [0.2, 0.25) is 0 Å². The molecule has 0 radical (unpaired) electrons. The first-order chi connectivity index (χ1) is 9.70. The molecule has 21 heavy (non-hydrogen) atoms. The van der Waals surface area contributed by atoms with E-state index in [1.165, 1.54) is 0 Å². The van der Waals surface area contributed by atoms with E-state index in [1.807, 2.05) is 10.6 Å². The number of carboxylic acid groups (broad SMARTS) is 2. The van der Waals surface area contributed by atoms with Crippen molar-refractivity contribution < 1.29 is 33.4 Å². The monoisotopic (exact) mass is 366 g/mol. The number of benzene rings is 1. The standard InChI is InChI=1S/C11H9BrF2N2O5/c12-4-1-6(14)7(2-5(4)13)15-11(21)16-8(10(19)20)3-9(17)18/h1-2,8H,3H2,(H,17,18)(H,19,20)(H2,15,16,21)/t8-/m1/s1. The van der Waals surface area contributed by atoms with E-state index in [0.717, 1.165) is 6.07 Å². The molecule has 0 heterocycles. The zero-order valence-corrected chi connectivity index (χ0v) is 11.8. The third kappa shape index (κ3) is 4.99. The molecule has 1 aromatic rings. The van der Waals surface area contributed by atoms with Crippen molar-refractivity contribution >= 4 is 39.6 Å². The lowest BCUT2D eigenvalue weighted by molar-refractivity contribution is -0.145. The van der Waals surface area contributed by atoms with Gasteiger partial charge in [0, 0.05) is 6.07 Å². The maximum atomic E-state index is 13.4. The summed E-state index contributed by atoms with van der Waals surface area (Å²) in [6.07, 6.45) is -0.861. The van der Waals surface area contributed by atoms with Crippen LogP contribution in [0.15, 0.2) is 16.6 Å². The van der Waals surface area contributed by atoms with Crippen LogP contribution < -0.4 is 10.6 Å². The van der Waals surface area contributed by atoms with Gasteiger partial charge in [0.05, 0.1) is 16.6 Å². The molecule has 2 amide bonds. The van der Waals surface area contributed by atoms with E-state index in [4.69, 9.17) is 10.2 Å². The molecular weight excluding hydrogens is 358 g/mol. The summed E-state index contributed by atoms with van der Waals surface area (Å²) in [6, 6.07) is -1.42. The van der Waals surface area contributed by atoms with Gasteiger partial charge in [0.15, 0.2) is 0 Å². The zero-order chi connectivity index (χ0) is 16.2. The molecule has 10 heteroatoms. The van der Waals surface area contributed by atoms with Crippen LogP contribution in [0.25, 0.3) is 0 Å². The number of urea groups is 1. The molecule has 0 unspecified atom stereocenters. The Morgan fingerprint density at radius 3 is 2.33 bits per heavy atom. The summed E-state index contributed by atoms with van der Waals surface area (Å²) in [5, 5.41) is 20.9. The number of carboxylic acids is 2.